The van der Waals surface area contributed by atoms with Crippen molar-refractivity contribution >= 4 is 22.1 Å². The Morgan fingerprint density at radius 1 is 1.04 bits per heavy atom. The molecule has 1 amide bonds. The average Bonchev–Trinajstić information content (AvgIpc) is 3.80. The fourth-order valence-corrected chi connectivity index (χ4v) is 8.58. The van der Waals surface area contributed by atoms with Crippen molar-refractivity contribution in [1.29, 1.82) is 0 Å². The predicted octanol–water partition coefficient (Wildman–Crippen LogP) is 3.87. The molecule has 2 aliphatic heterocycles. The summed E-state index contributed by atoms with van der Waals surface area (Å²) < 4.78 is 57.2. The molecule has 1 saturated carbocycles. The molecule has 6 rings (SSSR count). The number of nitrogens with zero attached hydrogens (tertiary/aromatic N) is 2. The van der Waals surface area contributed by atoms with Crippen molar-refractivity contribution in [3.05, 3.63) is 72.2 Å². The third kappa shape index (κ3) is 7.83. The van der Waals surface area contributed by atoms with Crippen LogP contribution in [0, 0.1) is 23.7 Å². The number of hydrogen-bond donors (Lipinski definition) is 2. The topological polar surface area (TPSA) is 167 Å². The summed E-state index contributed by atoms with van der Waals surface area (Å²) in [6, 6.07) is 14.5. The monoisotopic (exact) mass is 697 g/mol. The minimum absolute atomic E-state index is 0.00728. The van der Waals surface area contributed by atoms with Crippen LogP contribution in [0.15, 0.2) is 70.1 Å². The number of sulfonamides is 1. The molecule has 2 N–H and O–H groups in total. The van der Waals surface area contributed by atoms with Gasteiger partial charge in [0.25, 0.3) is 0 Å². The molecule has 0 radical (unpaired) electrons. The standard InChI is InChI=1S/C35H43N3O10S/c1-4-44-33(40)32-36-16-30(47-32)23-10-12-25(13-11-23)49(42,43)38(17-21(2)3)18-29(39)28(14-22-8-6-5-7-9-22)37-35(41)48-31-24-15-26-27(31)20-46-34(26)45-19-24/h5-13,16,21,24,26-29,31,34,39H,4,14-15,17-20H2,1-3H3,(H,37,41)/t24?,26?,27?,28-,29+,31?,34?/m0/s1. The largest absolute Gasteiger partial charge is 0.459 e. The Kier molecular flexibility index (Phi) is 10.7. The van der Waals surface area contributed by atoms with Crippen molar-refractivity contribution in [3.63, 3.8) is 0 Å². The van der Waals surface area contributed by atoms with Crippen LogP contribution in [-0.2, 0) is 35.4 Å². The Morgan fingerprint density at radius 2 is 1.78 bits per heavy atom. The Hall–Kier alpha value is -3.82. The van der Waals surface area contributed by atoms with Crippen molar-refractivity contribution in [2.24, 2.45) is 23.7 Å². The smallest absolute Gasteiger partial charge is 0.407 e. The Bertz CT molecular complexity index is 1700. The van der Waals surface area contributed by atoms with Crippen LogP contribution in [0.2, 0.25) is 0 Å². The van der Waals surface area contributed by atoms with Gasteiger partial charge in [-0.25, -0.2) is 23.0 Å². The number of oxazole rings is 1. The third-order valence-electron chi connectivity index (χ3n) is 9.29. The maximum Gasteiger partial charge on any atom is 0.407 e. The number of amides is 1. The molecule has 0 spiro atoms. The van der Waals surface area contributed by atoms with Crippen molar-refractivity contribution in [2.45, 2.75) is 63.0 Å². The normalized spacial score (nSPS) is 24.2. The summed E-state index contributed by atoms with van der Waals surface area (Å²) in [7, 11) is -4.09. The van der Waals surface area contributed by atoms with Crippen LogP contribution in [0.4, 0.5) is 4.79 Å². The summed E-state index contributed by atoms with van der Waals surface area (Å²) in [4.78, 5) is 29.3. The molecule has 3 aromatic rings. The Balaban J connectivity index is 1.18. The van der Waals surface area contributed by atoms with Crippen LogP contribution < -0.4 is 5.32 Å². The second-order valence-corrected chi connectivity index (χ2v) is 15.2. The molecular formula is C35H43N3O10S. The van der Waals surface area contributed by atoms with Gasteiger partial charge in [-0.1, -0.05) is 44.2 Å². The number of rotatable bonds is 14. The minimum atomic E-state index is -4.09. The maximum absolute atomic E-state index is 14.0. The maximum atomic E-state index is 14.0. The van der Waals surface area contributed by atoms with E-state index in [0.29, 0.717) is 18.8 Å². The summed E-state index contributed by atoms with van der Waals surface area (Å²) >= 11 is 0. The van der Waals surface area contributed by atoms with E-state index in [4.69, 9.17) is 23.4 Å². The zero-order chi connectivity index (χ0) is 34.7. The highest BCUT2D eigenvalue weighted by atomic mass is 32.2. The number of carbonyl (C=O) groups excluding carboxylic acids is 2. The molecule has 264 valence electrons. The van der Waals surface area contributed by atoms with Crippen LogP contribution >= 0.6 is 0 Å². The van der Waals surface area contributed by atoms with Gasteiger partial charge in [0, 0.05) is 36.4 Å². The lowest BCUT2D eigenvalue weighted by molar-refractivity contribution is -0.169. The molecule has 1 aromatic heterocycles. The van der Waals surface area contributed by atoms with E-state index in [-0.39, 0.29) is 78.7 Å². The number of alkyl carbamates (subject to hydrolysis) is 1. The first kappa shape index (κ1) is 35.0. The number of nitrogens with one attached hydrogen (secondary N) is 1. The number of aliphatic hydroxyl groups excluding tert-OH is 1. The van der Waals surface area contributed by atoms with Gasteiger partial charge in [-0.2, -0.15) is 4.31 Å². The number of hydrogen-bond acceptors (Lipinski definition) is 11. The van der Waals surface area contributed by atoms with E-state index >= 15 is 0 Å². The van der Waals surface area contributed by atoms with Gasteiger partial charge in [0.1, 0.15) is 6.10 Å². The molecule has 3 heterocycles. The molecule has 1 aliphatic carbocycles. The second-order valence-electron chi connectivity index (χ2n) is 13.2. The SMILES string of the molecule is CCOC(=O)c1ncc(-c2ccc(S(=O)(=O)N(CC(C)C)C[C@@H](O)[C@H](Cc3ccccc3)NC(=O)OC3C4COC5OCC3C5C4)cc2)o1. The van der Waals surface area contributed by atoms with E-state index in [1.807, 2.05) is 44.2 Å². The number of fused-ring (bicyclic) bond motifs is 1. The Morgan fingerprint density at radius 3 is 2.49 bits per heavy atom. The lowest BCUT2D eigenvalue weighted by atomic mass is 9.98. The summed E-state index contributed by atoms with van der Waals surface area (Å²) in [5.74, 6) is -0.345. The number of esters is 1. The van der Waals surface area contributed by atoms with Gasteiger partial charge >= 0.3 is 18.0 Å². The lowest BCUT2D eigenvalue weighted by Gasteiger charge is -2.31. The van der Waals surface area contributed by atoms with Gasteiger partial charge in [-0.15, -0.1) is 0 Å². The van der Waals surface area contributed by atoms with Crippen molar-refractivity contribution in [2.75, 3.05) is 32.9 Å². The first-order valence-electron chi connectivity index (χ1n) is 16.7. The van der Waals surface area contributed by atoms with Crippen LogP contribution in [0.1, 0.15) is 43.4 Å². The molecule has 2 saturated heterocycles. The van der Waals surface area contributed by atoms with Crippen molar-refractivity contribution < 1.29 is 46.5 Å². The Labute approximate surface area is 285 Å². The van der Waals surface area contributed by atoms with Gasteiger partial charge in [0.05, 0.1) is 43.1 Å². The van der Waals surface area contributed by atoms with E-state index < -0.39 is 34.2 Å². The van der Waals surface area contributed by atoms with E-state index in [2.05, 4.69) is 10.3 Å². The highest BCUT2D eigenvalue weighted by Gasteiger charge is 2.56. The minimum Gasteiger partial charge on any atom is -0.459 e. The molecule has 3 aliphatic rings. The number of aromatic nitrogens is 1. The van der Waals surface area contributed by atoms with Crippen molar-refractivity contribution in [3.8, 4) is 11.3 Å². The van der Waals surface area contributed by atoms with Gasteiger partial charge in [0.15, 0.2) is 12.1 Å². The fourth-order valence-electron chi connectivity index (χ4n) is 6.96. The molecule has 7 atom stereocenters. The first-order chi connectivity index (χ1) is 23.5. The van der Waals surface area contributed by atoms with Crippen LogP contribution in [0.3, 0.4) is 0 Å². The molecule has 3 fully saturated rings. The van der Waals surface area contributed by atoms with E-state index in [1.165, 1.54) is 22.6 Å². The van der Waals surface area contributed by atoms with Gasteiger partial charge in [-0.3, -0.25) is 0 Å². The van der Waals surface area contributed by atoms with Crippen LogP contribution in [0.5, 0.6) is 0 Å². The lowest BCUT2D eigenvalue weighted by Crippen LogP contribution is -2.52. The first-order valence-corrected chi connectivity index (χ1v) is 18.1. The number of ether oxygens (including phenoxy) is 4. The van der Waals surface area contributed by atoms with Crippen LogP contribution in [0.25, 0.3) is 11.3 Å². The summed E-state index contributed by atoms with van der Waals surface area (Å²) in [5, 5.41) is 14.5. The van der Waals surface area contributed by atoms with Gasteiger partial charge < -0.3 is 33.8 Å². The van der Waals surface area contributed by atoms with E-state index in [1.54, 1.807) is 19.1 Å². The van der Waals surface area contributed by atoms with Crippen LogP contribution in [-0.4, -0.2) is 92.3 Å². The molecule has 2 bridgehead atoms. The highest BCUT2D eigenvalue weighted by molar-refractivity contribution is 7.89. The quantitative estimate of drug-likeness (QED) is 0.235. The van der Waals surface area contributed by atoms with Crippen molar-refractivity contribution in [1.82, 2.24) is 14.6 Å². The summed E-state index contributed by atoms with van der Waals surface area (Å²) in [5.41, 5.74) is 1.37. The molecule has 49 heavy (non-hydrogen) atoms. The molecule has 14 heteroatoms. The second kappa shape index (κ2) is 15.0. The zero-order valence-electron chi connectivity index (χ0n) is 27.8. The predicted molar refractivity (Wildman–Crippen MR) is 176 cm³/mol. The molecule has 13 nitrogen and oxygen atoms in total. The number of aliphatic hydroxyl groups is 1. The molecular weight excluding hydrogens is 654 g/mol. The molecule has 5 unspecified atom stereocenters. The third-order valence-corrected chi connectivity index (χ3v) is 11.1. The number of carbonyl (C=O) groups is 2. The average molecular weight is 698 g/mol. The van der Waals surface area contributed by atoms with E-state index in [9.17, 15) is 23.1 Å². The fraction of sp³-hybridized carbons (Fsp3) is 0.514. The van der Waals surface area contributed by atoms with Gasteiger partial charge in [0.2, 0.25) is 10.0 Å². The van der Waals surface area contributed by atoms with E-state index in [0.717, 1.165) is 12.0 Å². The van der Waals surface area contributed by atoms with Gasteiger partial charge in [-0.05, 0) is 55.5 Å². The molecule has 2 aromatic carbocycles. The highest BCUT2D eigenvalue weighted by Crippen LogP contribution is 2.49. The summed E-state index contributed by atoms with van der Waals surface area (Å²) in [6.45, 7) is 6.40. The number of benzene rings is 2. The summed E-state index contributed by atoms with van der Waals surface area (Å²) in [6.07, 6.45) is -0.0641. The zero-order valence-corrected chi connectivity index (χ0v) is 28.6.